The topological polar surface area (TPSA) is 35.5 Å². The minimum absolute atomic E-state index is 0.0145. The molecule has 0 N–H and O–H groups in total. The highest BCUT2D eigenvalue weighted by atomic mass is 19.2. The lowest BCUT2D eigenvalue weighted by Gasteiger charge is -2.21. The number of rotatable bonds is 10. The van der Waals surface area contributed by atoms with E-state index in [1.807, 2.05) is 6.08 Å². The van der Waals surface area contributed by atoms with Crippen molar-refractivity contribution in [2.24, 2.45) is 5.92 Å². The van der Waals surface area contributed by atoms with Crippen molar-refractivity contribution in [2.45, 2.75) is 58.8 Å². The van der Waals surface area contributed by atoms with Gasteiger partial charge in [-0.15, -0.1) is 0 Å². The maximum absolute atomic E-state index is 15.0. The first-order chi connectivity index (χ1) is 18.8. The Labute approximate surface area is 226 Å². The summed E-state index contributed by atoms with van der Waals surface area (Å²) in [5.41, 5.74) is 1.13. The van der Waals surface area contributed by atoms with Gasteiger partial charge in [0.2, 0.25) is 11.6 Å². The summed E-state index contributed by atoms with van der Waals surface area (Å²) >= 11 is 0. The number of benzene rings is 3. The Bertz CT molecular complexity index is 1350. The summed E-state index contributed by atoms with van der Waals surface area (Å²) in [5.74, 6) is -5.36. The zero-order valence-corrected chi connectivity index (χ0v) is 22.2. The molecule has 206 valence electrons. The zero-order valence-electron chi connectivity index (χ0n) is 22.2. The molecule has 0 saturated carbocycles. The van der Waals surface area contributed by atoms with Gasteiger partial charge >= 0.3 is 5.97 Å². The zero-order chi connectivity index (χ0) is 27.9. The number of hydrogen-bond donors (Lipinski definition) is 0. The molecule has 0 bridgehead atoms. The number of esters is 1. The second-order valence-corrected chi connectivity index (χ2v) is 9.74. The number of unbranched alkanes of at least 4 members (excludes halogenated alkanes) is 2. The van der Waals surface area contributed by atoms with Gasteiger partial charge in [0.1, 0.15) is 0 Å². The van der Waals surface area contributed by atoms with E-state index in [-0.39, 0.29) is 23.5 Å². The van der Waals surface area contributed by atoms with Crippen LogP contribution in [0.25, 0.3) is 22.3 Å². The molecular formula is C32H32F4O3. The van der Waals surface area contributed by atoms with Gasteiger partial charge in [0.15, 0.2) is 23.1 Å². The molecule has 0 saturated heterocycles. The Morgan fingerprint density at radius 2 is 1.38 bits per heavy atom. The molecule has 39 heavy (non-hydrogen) atoms. The molecule has 0 fully saturated rings. The molecule has 0 aliphatic heterocycles. The van der Waals surface area contributed by atoms with Crippen molar-refractivity contribution in [3.8, 4) is 33.8 Å². The van der Waals surface area contributed by atoms with E-state index in [9.17, 15) is 22.4 Å². The van der Waals surface area contributed by atoms with Crippen LogP contribution in [0.15, 0.2) is 60.2 Å². The maximum Gasteiger partial charge on any atom is 0.339 e. The highest BCUT2D eigenvalue weighted by Crippen LogP contribution is 2.35. The van der Waals surface area contributed by atoms with Gasteiger partial charge in [-0.05, 0) is 67.5 Å². The summed E-state index contributed by atoms with van der Waals surface area (Å²) in [6, 6.07) is 11.2. The molecule has 4 rings (SSSR count). The summed E-state index contributed by atoms with van der Waals surface area (Å²) in [7, 11) is 0. The first kappa shape index (κ1) is 28.4. The largest absolute Gasteiger partial charge is 0.491 e. The Hall–Kier alpha value is -3.61. The number of carbonyl (C=O) groups is 1. The molecule has 7 heteroatoms. The molecule has 1 unspecified atom stereocenters. The first-order valence-electron chi connectivity index (χ1n) is 13.4. The number of halogens is 4. The number of ether oxygens (including phenoxy) is 2. The van der Waals surface area contributed by atoms with Crippen LogP contribution in [0.4, 0.5) is 17.6 Å². The molecule has 0 spiro atoms. The lowest BCUT2D eigenvalue weighted by atomic mass is 9.86. The monoisotopic (exact) mass is 540 g/mol. The van der Waals surface area contributed by atoms with Crippen molar-refractivity contribution in [3.63, 3.8) is 0 Å². The third kappa shape index (κ3) is 6.52. The fraction of sp³-hybridized carbons (Fsp3) is 0.344. The lowest BCUT2D eigenvalue weighted by Crippen LogP contribution is -2.17. The van der Waals surface area contributed by atoms with Crippen LogP contribution in [0.5, 0.6) is 11.5 Å². The Morgan fingerprint density at radius 3 is 1.92 bits per heavy atom. The number of carbonyl (C=O) groups excluding carboxylic acids is 1. The summed E-state index contributed by atoms with van der Waals surface area (Å²) in [5, 5.41) is 0. The Balaban J connectivity index is 1.46. The number of allylic oxidation sites excluding steroid dienone is 1. The van der Waals surface area contributed by atoms with Crippen molar-refractivity contribution in [1.29, 1.82) is 0 Å². The highest BCUT2D eigenvalue weighted by molar-refractivity contribution is 5.90. The van der Waals surface area contributed by atoms with Crippen molar-refractivity contribution in [2.75, 3.05) is 6.61 Å². The predicted molar refractivity (Wildman–Crippen MR) is 144 cm³/mol. The van der Waals surface area contributed by atoms with E-state index in [4.69, 9.17) is 9.47 Å². The second kappa shape index (κ2) is 13.0. The van der Waals surface area contributed by atoms with Crippen LogP contribution in [0, 0.1) is 29.2 Å². The summed E-state index contributed by atoms with van der Waals surface area (Å²) < 4.78 is 69.0. The normalized spacial score (nSPS) is 15.1. The van der Waals surface area contributed by atoms with Gasteiger partial charge in [-0.1, -0.05) is 62.9 Å². The number of hydrogen-bond acceptors (Lipinski definition) is 3. The van der Waals surface area contributed by atoms with E-state index in [1.165, 1.54) is 61.4 Å². The molecule has 3 aromatic rings. The van der Waals surface area contributed by atoms with E-state index in [0.717, 1.165) is 25.7 Å². The van der Waals surface area contributed by atoms with Gasteiger partial charge < -0.3 is 9.47 Å². The fourth-order valence-corrected chi connectivity index (χ4v) is 4.87. The SMILES string of the molecule is CCCCCC1CC=C(C(=O)Oc2ccc(-c3ccc(-c4ccc(OCC)c(F)c4F)cc3)c(F)c2F)CC1. The van der Waals surface area contributed by atoms with E-state index >= 15 is 0 Å². The van der Waals surface area contributed by atoms with Crippen LogP contribution in [0.1, 0.15) is 58.8 Å². The van der Waals surface area contributed by atoms with Crippen LogP contribution in [0.2, 0.25) is 0 Å². The molecule has 0 radical (unpaired) electrons. The van der Waals surface area contributed by atoms with Gasteiger partial charge in [-0.2, -0.15) is 8.78 Å². The molecule has 0 heterocycles. The molecule has 1 aliphatic rings. The highest BCUT2D eigenvalue weighted by Gasteiger charge is 2.23. The average molecular weight is 541 g/mol. The quantitative estimate of drug-likeness (QED) is 0.111. The molecule has 0 amide bonds. The van der Waals surface area contributed by atoms with Crippen molar-refractivity contribution in [1.82, 2.24) is 0 Å². The summed E-state index contributed by atoms with van der Waals surface area (Å²) in [6.07, 6.45) is 8.73. The van der Waals surface area contributed by atoms with Gasteiger partial charge in [-0.25, -0.2) is 13.6 Å². The summed E-state index contributed by atoms with van der Waals surface area (Å²) in [4.78, 5) is 12.6. The van der Waals surface area contributed by atoms with Crippen LogP contribution >= 0.6 is 0 Å². The van der Waals surface area contributed by atoms with Gasteiger partial charge in [-0.3, -0.25) is 0 Å². The van der Waals surface area contributed by atoms with E-state index < -0.39 is 35.0 Å². The Morgan fingerprint density at radius 1 is 0.795 bits per heavy atom. The van der Waals surface area contributed by atoms with Crippen LogP contribution in [0.3, 0.4) is 0 Å². The van der Waals surface area contributed by atoms with Crippen LogP contribution < -0.4 is 9.47 Å². The van der Waals surface area contributed by atoms with E-state index in [1.54, 1.807) is 6.92 Å². The van der Waals surface area contributed by atoms with Crippen molar-refractivity contribution in [3.05, 3.63) is 83.4 Å². The standard InChI is InChI=1S/C32H32F4O3/c1-3-5-6-7-20-8-10-23(11-9-20)32(37)39-27-19-17-25(29(34)31(27)36)22-14-12-21(13-15-22)24-16-18-26(38-4-2)30(35)28(24)33/h10,12-20H,3-9,11H2,1-2H3. The maximum atomic E-state index is 15.0. The molecular weight excluding hydrogens is 508 g/mol. The van der Waals surface area contributed by atoms with Crippen molar-refractivity contribution < 1.29 is 31.8 Å². The predicted octanol–water partition coefficient (Wildman–Crippen LogP) is 9.19. The second-order valence-electron chi connectivity index (χ2n) is 9.74. The van der Waals surface area contributed by atoms with Crippen LogP contribution in [-0.4, -0.2) is 12.6 Å². The van der Waals surface area contributed by atoms with Gasteiger partial charge in [0.25, 0.3) is 0 Å². The van der Waals surface area contributed by atoms with Crippen molar-refractivity contribution >= 4 is 5.97 Å². The minimum Gasteiger partial charge on any atom is -0.491 e. The molecule has 1 atom stereocenters. The van der Waals surface area contributed by atoms with E-state index in [0.29, 0.717) is 29.0 Å². The third-order valence-corrected chi connectivity index (χ3v) is 7.10. The average Bonchev–Trinajstić information content (AvgIpc) is 2.95. The third-order valence-electron chi connectivity index (χ3n) is 7.10. The molecule has 3 aromatic carbocycles. The summed E-state index contributed by atoms with van der Waals surface area (Å²) in [6.45, 7) is 4.03. The van der Waals surface area contributed by atoms with Crippen LogP contribution in [-0.2, 0) is 4.79 Å². The Kier molecular flexibility index (Phi) is 9.44. The molecule has 0 aromatic heterocycles. The van der Waals surface area contributed by atoms with E-state index in [2.05, 4.69) is 6.92 Å². The lowest BCUT2D eigenvalue weighted by molar-refractivity contribution is -0.130. The fourth-order valence-electron chi connectivity index (χ4n) is 4.87. The molecule has 1 aliphatic carbocycles. The smallest absolute Gasteiger partial charge is 0.339 e. The molecule has 3 nitrogen and oxygen atoms in total. The minimum atomic E-state index is -1.27. The first-order valence-corrected chi connectivity index (χ1v) is 13.4. The van der Waals surface area contributed by atoms with Gasteiger partial charge in [0.05, 0.1) is 6.61 Å². The van der Waals surface area contributed by atoms with Gasteiger partial charge in [0, 0.05) is 16.7 Å².